The fraction of sp³-hybridized carbons (Fsp3) is 0.357. The number of aryl methyl sites for hydroxylation is 1. The average molecular weight is 558 g/mol. The number of rotatable bonds is 2. The number of halogens is 3. The molecule has 0 spiro atoms. The van der Waals surface area contributed by atoms with Crippen LogP contribution >= 0.6 is 11.8 Å². The van der Waals surface area contributed by atoms with E-state index >= 15 is 0 Å². The van der Waals surface area contributed by atoms with E-state index in [1.807, 2.05) is 30.3 Å². The van der Waals surface area contributed by atoms with Crippen molar-refractivity contribution in [3.8, 4) is 11.5 Å². The summed E-state index contributed by atoms with van der Waals surface area (Å²) in [4.78, 5) is 27.4. The van der Waals surface area contributed by atoms with Crippen molar-refractivity contribution >= 4 is 17.7 Å². The summed E-state index contributed by atoms with van der Waals surface area (Å²) < 4.78 is 49.6. The molecule has 0 fully saturated rings. The summed E-state index contributed by atoms with van der Waals surface area (Å²) in [6.07, 6.45) is -0.734. The summed E-state index contributed by atoms with van der Waals surface area (Å²) >= 11 is 1.62. The molecule has 0 saturated carbocycles. The van der Waals surface area contributed by atoms with E-state index in [1.165, 1.54) is 10.9 Å². The predicted molar refractivity (Wildman–Crippen MR) is 140 cm³/mol. The molecule has 4 heterocycles. The van der Waals surface area contributed by atoms with Crippen molar-refractivity contribution < 1.29 is 27.8 Å². The molecule has 204 valence electrons. The number of aromatic hydroxyl groups is 1. The molecule has 2 aromatic carbocycles. The molecule has 7 nitrogen and oxygen atoms in total. The lowest BCUT2D eigenvalue weighted by atomic mass is 9.90. The zero-order valence-electron chi connectivity index (χ0n) is 21.1. The molecule has 0 aliphatic carbocycles. The van der Waals surface area contributed by atoms with Crippen molar-refractivity contribution in [1.29, 1.82) is 0 Å². The number of carbonyl (C=O) groups is 1. The second kappa shape index (κ2) is 9.55. The molecule has 6 rings (SSSR count). The zero-order valence-corrected chi connectivity index (χ0v) is 21.9. The van der Waals surface area contributed by atoms with Crippen LogP contribution in [0.15, 0.2) is 58.4 Å². The van der Waals surface area contributed by atoms with Crippen molar-refractivity contribution in [2.75, 3.05) is 18.3 Å². The molecule has 3 aliphatic heterocycles. The lowest BCUT2D eigenvalue weighted by Gasteiger charge is -2.46. The molecule has 0 bridgehead atoms. The van der Waals surface area contributed by atoms with Gasteiger partial charge in [0.1, 0.15) is 24.5 Å². The van der Waals surface area contributed by atoms with E-state index in [2.05, 4.69) is 6.07 Å². The van der Waals surface area contributed by atoms with E-state index in [4.69, 9.17) is 4.74 Å². The van der Waals surface area contributed by atoms with Crippen molar-refractivity contribution in [2.45, 2.75) is 55.1 Å². The summed E-state index contributed by atoms with van der Waals surface area (Å²) in [7, 11) is 0. The van der Waals surface area contributed by atoms with Crippen LogP contribution in [0.5, 0.6) is 11.5 Å². The van der Waals surface area contributed by atoms with E-state index in [9.17, 15) is 27.9 Å². The highest BCUT2D eigenvalue weighted by Crippen LogP contribution is 2.48. The Balaban J connectivity index is 1.64. The van der Waals surface area contributed by atoms with Gasteiger partial charge in [-0.1, -0.05) is 30.3 Å². The first kappa shape index (κ1) is 25.7. The number of aromatic nitrogens is 1. The Hall–Kier alpha value is -3.60. The molecular formula is C28H26F3N3O4S. The number of alkyl halides is 3. The Bertz CT molecular complexity index is 1520. The number of amides is 1. The lowest BCUT2D eigenvalue weighted by molar-refractivity contribution is -0.173. The van der Waals surface area contributed by atoms with Crippen molar-refractivity contribution in [1.82, 2.24) is 9.58 Å². The number of thioether (sulfide) groups is 1. The van der Waals surface area contributed by atoms with Gasteiger partial charge in [0.2, 0.25) is 5.43 Å². The minimum absolute atomic E-state index is 0.429. The van der Waals surface area contributed by atoms with Gasteiger partial charge in [-0.25, -0.2) is 0 Å². The van der Waals surface area contributed by atoms with Gasteiger partial charge in [-0.05, 0) is 48.9 Å². The van der Waals surface area contributed by atoms with Gasteiger partial charge in [0.25, 0.3) is 5.91 Å². The van der Waals surface area contributed by atoms with Gasteiger partial charge in [-0.3, -0.25) is 19.3 Å². The molecule has 3 aromatic rings. The summed E-state index contributed by atoms with van der Waals surface area (Å²) in [6.45, 7) is 0.996. The highest BCUT2D eigenvalue weighted by molar-refractivity contribution is 7.98. The number of fused-ring (bicyclic) bond motifs is 5. The second-order valence-electron chi connectivity index (χ2n) is 9.96. The molecule has 0 radical (unpaired) electrons. The average Bonchev–Trinajstić information content (AvgIpc) is 3.25. The van der Waals surface area contributed by atoms with E-state index in [-0.39, 0.29) is 0 Å². The van der Waals surface area contributed by atoms with Gasteiger partial charge >= 0.3 is 6.18 Å². The van der Waals surface area contributed by atoms with E-state index < -0.39 is 47.7 Å². The van der Waals surface area contributed by atoms with Crippen LogP contribution in [0.3, 0.4) is 0 Å². The van der Waals surface area contributed by atoms with Crippen LogP contribution in [0.4, 0.5) is 13.2 Å². The summed E-state index contributed by atoms with van der Waals surface area (Å²) in [6, 6.07) is 10.1. The zero-order chi connectivity index (χ0) is 27.5. The summed E-state index contributed by atoms with van der Waals surface area (Å²) in [5.41, 5.74) is 2.32. The number of pyridine rings is 1. The lowest BCUT2D eigenvalue weighted by Crippen LogP contribution is -2.60. The van der Waals surface area contributed by atoms with Gasteiger partial charge in [-0.15, -0.1) is 11.8 Å². The number of hydrogen-bond acceptors (Lipinski definition) is 6. The van der Waals surface area contributed by atoms with Crippen LogP contribution in [0.25, 0.3) is 0 Å². The maximum atomic E-state index is 14.0. The molecule has 1 N–H and O–H groups in total. The fourth-order valence-electron chi connectivity index (χ4n) is 5.56. The smallest absolute Gasteiger partial charge is 0.408 e. The van der Waals surface area contributed by atoms with E-state index in [1.54, 1.807) is 16.8 Å². The van der Waals surface area contributed by atoms with Crippen LogP contribution < -0.4 is 15.2 Å². The largest absolute Gasteiger partial charge is 0.502 e. The minimum atomic E-state index is -4.72. The number of ether oxygens (including phenoxy) is 1. The molecule has 39 heavy (non-hydrogen) atoms. The maximum Gasteiger partial charge on any atom is 0.408 e. The topological polar surface area (TPSA) is 75.0 Å². The molecular weight excluding hydrogens is 531 g/mol. The Kier molecular flexibility index (Phi) is 6.28. The SMILES string of the molecule is C[C@@H](N1CN([C@@H]2c3ccccc3SCc3ccc4c(c32)OCCCC4)n2ccc(=O)c(O)c2C1=O)C(F)(F)F. The molecule has 1 aromatic heterocycles. The molecule has 2 atom stereocenters. The first-order valence-electron chi connectivity index (χ1n) is 12.7. The van der Waals surface area contributed by atoms with Gasteiger partial charge in [0.15, 0.2) is 11.4 Å². The third kappa shape index (κ3) is 4.23. The Morgan fingerprint density at radius 1 is 1.08 bits per heavy atom. The van der Waals surface area contributed by atoms with Crippen molar-refractivity contribution in [3.05, 3.63) is 86.8 Å². The number of nitrogens with zero attached hydrogens (tertiary/aromatic N) is 3. The van der Waals surface area contributed by atoms with Crippen molar-refractivity contribution in [2.24, 2.45) is 0 Å². The highest BCUT2D eigenvalue weighted by atomic mass is 32.2. The maximum absolute atomic E-state index is 14.0. The first-order chi connectivity index (χ1) is 18.7. The quantitative estimate of drug-likeness (QED) is 0.480. The van der Waals surface area contributed by atoms with Gasteiger partial charge in [0.05, 0.1) is 6.61 Å². The van der Waals surface area contributed by atoms with Crippen LogP contribution in [0, 0.1) is 0 Å². The third-order valence-electron chi connectivity index (χ3n) is 7.66. The molecule has 11 heteroatoms. The van der Waals surface area contributed by atoms with Gasteiger partial charge in [-0.2, -0.15) is 13.2 Å². The number of benzene rings is 2. The van der Waals surface area contributed by atoms with Crippen LogP contribution in [0.2, 0.25) is 0 Å². The van der Waals surface area contributed by atoms with Gasteiger partial charge < -0.3 is 14.7 Å². The number of hydrogen-bond donors (Lipinski definition) is 1. The van der Waals surface area contributed by atoms with Crippen molar-refractivity contribution in [3.63, 3.8) is 0 Å². The molecule has 0 unspecified atom stereocenters. The highest BCUT2D eigenvalue weighted by Gasteiger charge is 2.48. The molecule has 0 saturated heterocycles. The standard InChI is InChI=1S/C28H26F3N3O4S/c1-16(28(29,30)31)32-15-34(33-12-11-20(35)25(36)24(33)27(32)37)23-19-7-2-3-8-21(19)39-14-18-10-9-17-6-4-5-13-38-26(17)22(18)23/h2-3,7-12,16,23,36H,4-6,13-15H2,1H3/t16-,23-/m1/s1. The Morgan fingerprint density at radius 3 is 2.64 bits per heavy atom. The first-order valence-corrected chi connectivity index (χ1v) is 13.7. The third-order valence-corrected chi connectivity index (χ3v) is 8.79. The fourth-order valence-corrected chi connectivity index (χ4v) is 6.65. The van der Waals surface area contributed by atoms with Crippen LogP contribution in [-0.4, -0.2) is 46.1 Å². The normalized spacial score (nSPS) is 19.6. The molecule has 1 amide bonds. The minimum Gasteiger partial charge on any atom is -0.502 e. The summed E-state index contributed by atoms with van der Waals surface area (Å²) in [5.74, 6) is -0.611. The van der Waals surface area contributed by atoms with E-state index in [0.717, 1.165) is 59.4 Å². The van der Waals surface area contributed by atoms with Crippen LogP contribution in [0.1, 0.15) is 58.5 Å². The van der Waals surface area contributed by atoms with Gasteiger partial charge in [0, 0.05) is 28.5 Å². The summed E-state index contributed by atoms with van der Waals surface area (Å²) in [5, 5.41) is 12.3. The van der Waals surface area contributed by atoms with E-state index in [0.29, 0.717) is 23.0 Å². The Labute approximate surface area is 226 Å². The van der Waals surface area contributed by atoms with Crippen LogP contribution in [-0.2, 0) is 12.2 Å². The Morgan fingerprint density at radius 2 is 1.85 bits per heavy atom. The predicted octanol–water partition coefficient (Wildman–Crippen LogP) is 4.97. The monoisotopic (exact) mass is 557 g/mol. The number of carbonyl (C=O) groups excluding carboxylic acids is 1. The second-order valence-corrected chi connectivity index (χ2v) is 11.0. The molecule has 3 aliphatic rings.